The van der Waals surface area contributed by atoms with Crippen LogP contribution in [0, 0.1) is 16.3 Å². The molecule has 2 aromatic carbocycles. The average Bonchev–Trinajstić information content (AvgIpc) is 2.33. The molecule has 0 spiro atoms. The van der Waals surface area contributed by atoms with Crippen LogP contribution in [0.2, 0.25) is 5.02 Å². The van der Waals surface area contributed by atoms with Crippen LogP contribution in [0.4, 0.5) is 4.39 Å². The third-order valence-corrected chi connectivity index (χ3v) is 4.17. The monoisotopic (exact) mass is 389 g/mol. The summed E-state index contributed by atoms with van der Waals surface area (Å²) in [6, 6.07) is 10.8. The van der Waals surface area contributed by atoms with Crippen molar-refractivity contribution in [3.63, 3.8) is 0 Å². The van der Waals surface area contributed by atoms with Crippen LogP contribution in [0.5, 0.6) is 0 Å². The van der Waals surface area contributed by atoms with E-state index in [1.54, 1.807) is 6.07 Å². The zero-order valence-electron chi connectivity index (χ0n) is 10.7. The Balaban J connectivity index is 2.52. The van der Waals surface area contributed by atoms with Gasteiger partial charge in [0.2, 0.25) is 0 Å². The van der Waals surface area contributed by atoms with Gasteiger partial charge in [0.25, 0.3) is 0 Å². The summed E-state index contributed by atoms with van der Waals surface area (Å²) in [6.07, 6.45) is 0. The molecule has 0 aliphatic rings. The van der Waals surface area contributed by atoms with E-state index in [2.05, 4.69) is 27.9 Å². The van der Waals surface area contributed by atoms with Gasteiger partial charge in [-0.25, -0.2) is 4.39 Å². The third kappa shape index (κ3) is 3.46. The van der Waals surface area contributed by atoms with Gasteiger partial charge >= 0.3 is 0 Å². The highest BCUT2D eigenvalue weighted by atomic mass is 127. The van der Waals surface area contributed by atoms with Crippen LogP contribution in [-0.2, 0) is 0 Å². The molecular formula is C15H14ClFIN. The second-order valence-electron chi connectivity index (χ2n) is 4.45. The number of benzene rings is 2. The van der Waals surface area contributed by atoms with Crippen molar-refractivity contribution in [3.05, 3.63) is 67.5 Å². The lowest BCUT2D eigenvalue weighted by Crippen LogP contribution is -2.19. The lowest BCUT2D eigenvalue weighted by Gasteiger charge is -2.19. The Morgan fingerprint density at radius 2 is 1.95 bits per heavy atom. The minimum Gasteiger partial charge on any atom is -0.309 e. The largest absolute Gasteiger partial charge is 0.309 e. The van der Waals surface area contributed by atoms with E-state index in [1.807, 2.05) is 38.2 Å². The van der Waals surface area contributed by atoms with Crippen molar-refractivity contribution in [2.45, 2.75) is 13.0 Å². The second-order valence-corrected chi connectivity index (χ2v) is 6.05. The fraction of sp³-hybridized carbons (Fsp3) is 0.200. The standard InChI is InChI=1S/C15H14ClFIN/c1-9-5-10(7-12(17)6-9)15(19-2)13-8-11(16)3-4-14(13)18/h3-8,15,19H,1-2H3. The molecule has 4 heteroatoms. The van der Waals surface area contributed by atoms with E-state index < -0.39 is 0 Å². The zero-order valence-corrected chi connectivity index (χ0v) is 13.6. The minimum atomic E-state index is -0.215. The molecule has 0 aromatic heterocycles. The fourth-order valence-corrected chi connectivity index (χ4v) is 3.00. The predicted molar refractivity (Wildman–Crippen MR) is 86.2 cm³/mol. The normalized spacial score (nSPS) is 12.5. The quantitative estimate of drug-likeness (QED) is 0.750. The number of rotatable bonds is 3. The van der Waals surface area contributed by atoms with Gasteiger partial charge in [0, 0.05) is 8.59 Å². The first kappa shape index (κ1) is 14.8. The van der Waals surface area contributed by atoms with Gasteiger partial charge in [0.1, 0.15) is 5.82 Å². The van der Waals surface area contributed by atoms with E-state index >= 15 is 0 Å². The minimum absolute atomic E-state index is 0.0694. The van der Waals surface area contributed by atoms with Gasteiger partial charge in [-0.05, 0) is 83.6 Å². The van der Waals surface area contributed by atoms with Gasteiger partial charge in [0.05, 0.1) is 6.04 Å². The average molecular weight is 390 g/mol. The number of halogens is 3. The topological polar surface area (TPSA) is 12.0 Å². The number of nitrogens with one attached hydrogen (secondary N) is 1. The summed E-state index contributed by atoms with van der Waals surface area (Å²) in [4.78, 5) is 0. The highest BCUT2D eigenvalue weighted by Crippen LogP contribution is 2.29. The maximum atomic E-state index is 13.6. The van der Waals surface area contributed by atoms with Crippen molar-refractivity contribution in [1.29, 1.82) is 0 Å². The highest BCUT2D eigenvalue weighted by Gasteiger charge is 2.16. The molecule has 0 saturated carbocycles. The smallest absolute Gasteiger partial charge is 0.123 e. The number of aryl methyl sites for hydroxylation is 1. The van der Waals surface area contributed by atoms with Crippen molar-refractivity contribution >= 4 is 34.2 Å². The van der Waals surface area contributed by atoms with E-state index in [1.165, 1.54) is 6.07 Å². The van der Waals surface area contributed by atoms with Crippen LogP contribution in [0.15, 0.2) is 36.4 Å². The molecule has 0 fully saturated rings. The Morgan fingerprint density at radius 1 is 1.21 bits per heavy atom. The first-order chi connectivity index (χ1) is 9.01. The lowest BCUT2D eigenvalue weighted by atomic mass is 9.97. The summed E-state index contributed by atoms with van der Waals surface area (Å²) in [5, 5.41) is 3.91. The lowest BCUT2D eigenvalue weighted by molar-refractivity contribution is 0.615. The van der Waals surface area contributed by atoms with Crippen molar-refractivity contribution in [1.82, 2.24) is 5.32 Å². The predicted octanol–water partition coefficient (Wildman–Crippen LogP) is 4.70. The summed E-state index contributed by atoms with van der Waals surface area (Å²) in [5.41, 5.74) is 2.87. The maximum Gasteiger partial charge on any atom is 0.123 e. The SMILES string of the molecule is CNC(c1cc(C)cc(F)c1)c1cc(Cl)ccc1I. The van der Waals surface area contributed by atoms with E-state index in [-0.39, 0.29) is 11.9 Å². The molecule has 0 amide bonds. The Hall–Kier alpha value is -0.650. The van der Waals surface area contributed by atoms with Gasteiger partial charge < -0.3 is 5.32 Å². The molecule has 0 radical (unpaired) electrons. The number of hydrogen-bond acceptors (Lipinski definition) is 1. The maximum absolute atomic E-state index is 13.6. The van der Waals surface area contributed by atoms with Crippen molar-refractivity contribution in [2.24, 2.45) is 0 Å². The highest BCUT2D eigenvalue weighted by molar-refractivity contribution is 14.1. The molecule has 2 rings (SSSR count). The van der Waals surface area contributed by atoms with Crippen LogP contribution in [0.25, 0.3) is 0 Å². The van der Waals surface area contributed by atoms with Crippen molar-refractivity contribution in [3.8, 4) is 0 Å². The van der Waals surface area contributed by atoms with Crippen LogP contribution in [0.3, 0.4) is 0 Å². The van der Waals surface area contributed by atoms with Crippen molar-refractivity contribution in [2.75, 3.05) is 7.05 Å². The first-order valence-electron chi connectivity index (χ1n) is 5.90. The zero-order chi connectivity index (χ0) is 14.0. The molecule has 2 aromatic rings. The summed E-state index contributed by atoms with van der Waals surface area (Å²) < 4.78 is 14.7. The molecule has 0 saturated heterocycles. The van der Waals surface area contributed by atoms with Gasteiger partial charge in [-0.3, -0.25) is 0 Å². The molecule has 0 bridgehead atoms. The van der Waals surface area contributed by atoms with Crippen LogP contribution < -0.4 is 5.32 Å². The van der Waals surface area contributed by atoms with E-state index in [9.17, 15) is 4.39 Å². The molecule has 1 nitrogen and oxygen atoms in total. The summed E-state index contributed by atoms with van der Waals surface area (Å²) >= 11 is 8.33. The van der Waals surface area contributed by atoms with Gasteiger partial charge in [-0.2, -0.15) is 0 Å². The van der Waals surface area contributed by atoms with Crippen LogP contribution >= 0.6 is 34.2 Å². The van der Waals surface area contributed by atoms with Crippen LogP contribution in [0.1, 0.15) is 22.7 Å². The van der Waals surface area contributed by atoms with E-state index in [0.29, 0.717) is 5.02 Å². The van der Waals surface area contributed by atoms with Crippen molar-refractivity contribution < 1.29 is 4.39 Å². The van der Waals surface area contributed by atoms with Gasteiger partial charge in [-0.15, -0.1) is 0 Å². The number of hydrogen-bond donors (Lipinski definition) is 1. The first-order valence-corrected chi connectivity index (χ1v) is 7.36. The molecule has 19 heavy (non-hydrogen) atoms. The van der Waals surface area contributed by atoms with Gasteiger partial charge in [-0.1, -0.05) is 17.7 Å². The molecular weight excluding hydrogens is 376 g/mol. The Labute approximate surface area is 131 Å². The Morgan fingerprint density at radius 3 is 2.58 bits per heavy atom. The molecule has 1 unspecified atom stereocenters. The van der Waals surface area contributed by atoms with Gasteiger partial charge in [0.15, 0.2) is 0 Å². The van der Waals surface area contributed by atoms with E-state index in [0.717, 1.165) is 20.3 Å². The molecule has 0 aliphatic carbocycles. The molecule has 1 N–H and O–H groups in total. The second kappa shape index (κ2) is 6.20. The fourth-order valence-electron chi connectivity index (χ4n) is 2.17. The van der Waals surface area contributed by atoms with E-state index in [4.69, 9.17) is 11.6 Å². The van der Waals surface area contributed by atoms with Crippen LogP contribution in [-0.4, -0.2) is 7.05 Å². The summed E-state index contributed by atoms with van der Waals surface area (Å²) in [7, 11) is 1.86. The molecule has 100 valence electrons. The third-order valence-electron chi connectivity index (χ3n) is 2.96. The molecule has 0 heterocycles. The Kier molecular flexibility index (Phi) is 4.81. The Bertz CT molecular complexity index is 580. The summed E-state index contributed by atoms with van der Waals surface area (Å²) in [6.45, 7) is 1.89. The molecule has 0 aliphatic heterocycles. The molecule has 1 atom stereocenters. The summed E-state index contributed by atoms with van der Waals surface area (Å²) in [5.74, 6) is -0.215.